The molecule has 1 aliphatic heterocycles. The Morgan fingerprint density at radius 3 is 3.07 bits per heavy atom. The second-order valence-electron chi connectivity index (χ2n) is 3.62. The summed E-state index contributed by atoms with van der Waals surface area (Å²) in [6, 6.07) is 2.49. The Bertz CT molecular complexity index is 316. The third-order valence-electron chi connectivity index (χ3n) is 2.49. The van der Waals surface area contributed by atoms with Crippen LogP contribution in [0.25, 0.3) is 0 Å². The van der Waals surface area contributed by atoms with E-state index in [1.807, 2.05) is 24.0 Å². The highest BCUT2D eigenvalue weighted by atomic mass is 32.2. The van der Waals surface area contributed by atoms with Crippen molar-refractivity contribution in [2.45, 2.75) is 24.6 Å². The van der Waals surface area contributed by atoms with Gasteiger partial charge in [0.05, 0.1) is 17.6 Å². The molecule has 1 fully saturated rings. The molecule has 2 heterocycles. The minimum atomic E-state index is 0.559. The van der Waals surface area contributed by atoms with E-state index >= 15 is 0 Å². The molecule has 1 aliphatic rings. The van der Waals surface area contributed by atoms with Crippen molar-refractivity contribution < 1.29 is 0 Å². The molecule has 1 saturated heterocycles. The Balaban J connectivity index is 2.03. The van der Waals surface area contributed by atoms with E-state index < -0.39 is 0 Å². The Morgan fingerprint density at radius 2 is 2.43 bits per heavy atom. The van der Waals surface area contributed by atoms with Crippen LogP contribution < -0.4 is 11.1 Å². The first kappa shape index (κ1) is 9.65. The molecule has 0 radical (unpaired) electrons. The van der Waals surface area contributed by atoms with Gasteiger partial charge >= 0.3 is 0 Å². The quantitative estimate of drug-likeness (QED) is 0.782. The summed E-state index contributed by atoms with van der Waals surface area (Å²) in [6.07, 6.45) is 4.71. The summed E-state index contributed by atoms with van der Waals surface area (Å²) >= 11 is 2.01. The van der Waals surface area contributed by atoms with Gasteiger partial charge in [-0.1, -0.05) is 6.92 Å². The molecule has 2 unspecified atom stereocenters. The molecule has 76 valence electrons. The smallest absolute Gasteiger partial charge is 0.0549 e. The van der Waals surface area contributed by atoms with Crippen molar-refractivity contribution in [3.63, 3.8) is 0 Å². The van der Waals surface area contributed by atoms with Crippen LogP contribution >= 0.6 is 11.8 Å². The lowest BCUT2D eigenvalue weighted by Crippen LogP contribution is -2.24. The van der Waals surface area contributed by atoms with Crippen molar-refractivity contribution in [3.05, 3.63) is 18.5 Å². The van der Waals surface area contributed by atoms with E-state index in [4.69, 9.17) is 5.73 Å². The number of pyridine rings is 1. The van der Waals surface area contributed by atoms with Gasteiger partial charge in [-0.05, 0) is 18.2 Å². The van der Waals surface area contributed by atoms with Crippen molar-refractivity contribution in [1.29, 1.82) is 0 Å². The molecule has 0 spiro atoms. The predicted molar refractivity (Wildman–Crippen MR) is 62.6 cm³/mol. The van der Waals surface area contributed by atoms with Crippen LogP contribution in [0, 0.1) is 0 Å². The molecule has 0 aliphatic carbocycles. The zero-order valence-corrected chi connectivity index (χ0v) is 9.05. The summed E-state index contributed by atoms with van der Waals surface area (Å²) in [7, 11) is 0. The summed E-state index contributed by atoms with van der Waals surface area (Å²) in [5, 5.41) is 4.15. The Morgan fingerprint density at radius 1 is 1.57 bits per heavy atom. The molecule has 14 heavy (non-hydrogen) atoms. The number of thioether (sulfide) groups is 1. The predicted octanol–water partition coefficient (Wildman–Crippen LogP) is 1.97. The molecule has 3 nitrogen and oxygen atoms in total. The maximum atomic E-state index is 5.66. The first-order valence-corrected chi connectivity index (χ1v) is 5.89. The fourth-order valence-electron chi connectivity index (χ4n) is 1.67. The van der Waals surface area contributed by atoms with Gasteiger partial charge in [0.25, 0.3) is 0 Å². The van der Waals surface area contributed by atoms with E-state index in [2.05, 4.69) is 17.2 Å². The van der Waals surface area contributed by atoms with Gasteiger partial charge in [-0.2, -0.15) is 11.8 Å². The highest BCUT2D eigenvalue weighted by Gasteiger charge is 2.23. The lowest BCUT2D eigenvalue weighted by atomic mass is 10.1. The van der Waals surface area contributed by atoms with Crippen LogP contribution in [0.2, 0.25) is 0 Å². The third kappa shape index (κ3) is 2.12. The molecule has 4 heteroatoms. The first-order chi connectivity index (χ1) is 6.75. The first-order valence-electron chi connectivity index (χ1n) is 4.84. The zero-order chi connectivity index (χ0) is 9.97. The molecule has 1 aromatic heterocycles. The van der Waals surface area contributed by atoms with Crippen LogP contribution in [0.4, 0.5) is 11.4 Å². The van der Waals surface area contributed by atoms with Crippen molar-refractivity contribution in [1.82, 2.24) is 4.98 Å². The molecule has 0 aromatic carbocycles. The van der Waals surface area contributed by atoms with E-state index in [-0.39, 0.29) is 0 Å². The lowest BCUT2D eigenvalue weighted by Gasteiger charge is -2.17. The fourth-order valence-corrected chi connectivity index (χ4v) is 2.87. The largest absolute Gasteiger partial charge is 0.397 e. The number of nitrogens with one attached hydrogen (secondary N) is 1. The standard InChI is InChI=1S/C10H15N3S/c1-7-10(2-3-14-7)13-9-4-8(11)5-12-6-9/h4-7,10,13H,2-3,11H2,1H3. The number of rotatable bonds is 2. The molecule has 3 N–H and O–H groups in total. The van der Waals surface area contributed by atoms with Crippen LogP contribution in [0.3, 0.4) is 0 Å². The number of aromatic nitrogens is 1. The van der Waals surface area contributed by atoms with Crippen LogP contribution in [0.15, 0.2) is 18.5 Å². The van der Waals surface area contributed by atoms with Gasteiger partial charge in [-0.25, -0.2) is 0 Å². The van der Waals surface area contributed by atoms with E-state index in [1.165, 1.54) is 12.2 Å². The Labute approximate surface area is 88.5 Å². The molecule has 0 saturated carbocycles. The highest BCUT2D eigenvalue weighted by Crippen LogP contribution is 2.28. The third-order valence-corrected chi connectivity index (χ3v) is 3.81. The van der Waals surface area contributed by atoms with Gasteiger partial charge in [0.2, 0.25) is 0 Å². The number of hydrogen-bond donors (Lipinski definition) is 2. The fraction of sp³-hybridized carbons (Fsp3) is 0.500. The van der Waals surface area contributed by atoms with E-state index in [9.17, 15) is 0 Å². The number of nitrogens with two attached hydrogens (primary N) is 1. The molecule has 0 bridgehead atoms. The topological polar surface area (TPSA) is 50.9 Å². The summed E-state index contributed by atoms with van der Waals surface area (Å²) in [5.41, 5.74) is 7.41. The maximum absolute atomic E-state index is 5.66. The summed E-state index contributed by atoms with van der Waals surface area (Å²) in [6.45, 7) is 2.26. The SMILES string of the molecule is CC1SCCC1Nc1cncc(N)c1. The number of nitrogen functional groups attached to an aromatic ring is 1. The monoisotopic (exact) mass is 209 g/mol. The summed E-state index contributed by atoms with van der Waals surface area (Å²) in [4.78, 5) is 4.06. The van der Waals surface area contributed by atoms with Gasteiger partial charge in [0, 0.05) is 17.5 Å². The van der Waals surface area contributed by atoms with Gasteiger partial charge in [-0.3, -0.25) is 4.98 Å². The van der Waals surface area contributed by atoms with Crippen molar-refractivity contribution in [2.24, 2.45) is 0 Å². The van der Waals surface area contributed by atoms with Crippen LogP contribution in [-0.4, -0.2) is 22.0 Å². The second-order valence-corrected chi connectivity index (χ2v) is 5.11. The number of anilines is 2. The molecule has 2 rings (SSSR count). The van der Waals surface area contributed by atoms with Gasteiger partial charge < -0.3 is 11.1 Å². The van der Waals surface area contributed by atoms with Crippen molar-refractivity contribution in [3.8, 4) is 0 Å². The minimum Gasteiger partial charge on any atom is -0.397 e. The highest BCUT2D eigenvalue weighted by molar-refractivity contribution is 8.00. The van der Waals surface area contributed by atoms with Crippen LogP contribution in [0.1, 0.15) is 13.3 Å². The van der Waals surface area contributed by atoms with Gasteiger partial charge in [0.1, 0.15) is 0 Å². The Kier molecular flexibility index (Phi) is 2.82. The van der Waals surface area contributed by atoms with Crippen LogP contribution in [0.5, 0.6) is 0 Å². The normalized spacial score (nSPS) is 26.4. The average molecular weight is 209 g/mol. The maximum Gasteiger partial charge on any atom is 0.0549 e. The molecule has 0 amide bonds. The van der Waals surface area contributed by atoms with E-state index in [0.717, 1.165) is 5.69 Å². The van der Waals surface area contributed by atoms with Crippen LogP contribution in [-0.2, 0) is 0 Å². The molecular formula is C10H15N3S. The van der Waals surface area contributed by atoms with Crippen molar-refractivity contribution in [2.75, 3.05) is 16.8 Å². The van der Waals surface area contributed by atoms with E-state index in [1.54, 1.807) is 6.20 Å². The lowest BCUT2D eigenvalue weighted by molar-refractivity contribution is 0.724. The Hall–Kier alpha value is -0.900. The molecular weight excluding hydrogens is 194 g/mol. The minimum absolute atomic E-state index is 0.559. The molecule has 1 aromatic rings. The van der Waals surface area contributed by atoms with E-state index in [0.29, 0.717) is 17.0 Å². The second kappa shape index (κ2) is 4.09. The van der Waals surface area contributed by atoms with Gasteiger partial charge in [-0.15, -0.1) is 0 Å². The summed E-state index contributed by atoms with van der Waals surface area (Å²) < 4.78 is 0. The molecule has 2 atom stereocenters. The number of hydrogen-bond acceptors (Lipinski definition) is 4. The van der Waals surface area contributed by atoms with Crippen molar-refractivity contribution >= 4 is 23.1 Å². The number of nitrogens with zero attached hydrogens (tertiary/aromatic N) is 1. The summed E-state index contributed by atoms with van der Waals surface area (Å²) in [5.74, 6) is 1.24. The zero-order valence-electron chi connectivity index (χ0n) is 8.23. The average Bonchev–Trinajstić information content (AvgIpc) is 2.52. The van der Waals surface area contributed by atoms with Gasteiger partial charge in [0.15, 0.2) is 0 Å².